The molecule has 3 aliphatic heterocycles. The predicted molar refractivity (Wildman–Crippen MR) is 110 cm³/mol. The van der Waals surface area contributed by atoms with Gasteiger partial charge in [0.25, 0.3) is 5.91 Å². The molecule has 0 aromatic heterocycles. The molecule has 2 amide bonds. The number of amides is 2. The molecule has 0 aliphatic carbocycles. The van der Waals surface area contributed by atoms with Crippen molar-refractivity contribution in [2.75, 3.05) is 5.32 Å². The Balaban J connectivity index is 1.44. The molecule has 3 fully saturated rings. The summed E-state index contributed by atoms with van der Waals surface area (Å²) in [5, 5.41) is 5.50. The largest absolute Gasteiger partial charge is 0.342 e. The van der Waals surface area contributed by atoms with Crippen molar-refractivity contribution in [3.05, 3.63) is 29.8 Å². The molecule has 3 heterocycles. The minimum absolute atomic E-state index is 0.340. The minimum Gasteiger partial charge on any atom is -0.342 e. The van der Waals surface area contributed by atoms with Gasteiger partial charge in [0.1, 0.15) is 24.4 Å². The van der Waals surface area contributed by atoms with Crippen LogP contribution in [0.3, 0.4) is 0 Å². The van der Waals surface area contributed by atoms with Gasteiger partial charge >= 0.3 is 0 Å². The van der Waals surface area contributed by atoms with E-state index in [2.05, 4.69) is 10.6 Å². The maximum Gasteiger partial charge on any atom is 0.252 e. The first kappa shape index (κ1) is 22.2. The number of nitrogens with one attached hydrogen (secondary N) is 2. The van der Waals surface area contributed by atoms with Crippen molar-refractivity contribution in [1.29, 1.82) is 0 Å². The number of anilines is 1. The number of hydrogen-bond acceptors (Lipinski definition) is 7. The van der Waals surface area contributed by atoms with Gasteiger partial charge in [-0.2, -0.15) is 0 Å². The molecule has 1 aromatic carbocycles. The SMILES string of the molecule is Cc1ccc(NC(=O)[C@@H](C)NC(=O)[C@@H]2O[C@H]3OC(C)(C)O[C@@H]3[C@H]3OC(C)(C)O[C@@H]32)cc1. The fourth-order valence-corrected chi connectivity index (χ4v) is 4.07. The van der Waals surface area contributed by atoms with E-state index in [1.165, 1.54) is 0 Å². The van der Waals surface area contributed by atoms with Gasteiger partial charge in [0.2, 0.25) is 5.91 Å². The first-order valence-corrected chi connectivity index (χ1v) is 10.5. The van der Waals surface area contributed by atoms with Crippen molar-refractivity contribution in [2.45, 2.75) is 89.9 Å². The van der Waals surface area contributed by atoms with Gasteiger partial charge in [-0.1, -0.05) is 17.7 Å². The molecule has 1 aromatic rings. The van der Waals surface area contributed by atoms with Crippen molar-refractivity contribution in [3.63, 3.8) is 0 Å². The predicted octanol–water partition coefficient (Wildman–Crippen LogP) is 1.83. The van der Waals surface area contributed by atoms with Crippen LogP contribution in [0, 0.1) is 6.92 Å². The van der Waals surface area contributed by atoms with Gasteiger partial charge in [-0.05, 0) is 53.7 Å². The first-order valence-electron chi connectivity index (χ1n) is 10.5. The Morgan fingerprint density at radius 2 is 1.48 bits per heavy atom. The summed E-state index contributed by atoms with van der Waals surface area (Å²) in [5.74, 6) is -2.60. The smallest absolute Gasteiger partial charge is 0.252 e. The van der Waals surface area contributed by atoms with E-state index in [9.17, 15) is 9.59 Å². The number of carbonyl (C=O) groups excluding carboxylic acids is 2. The third kappa shape index (κ3) is 4.61. The molecule has 0 radical (unpaired) electrons. The summed E-state index contributed by atoms with van der Waals surface area (Å²) in [7, 11) is 0. The number of carbonyl (C=O) groups is 2. The van der Waals surface area contributed by atoms with E-state index in [1.807, 2.05) is 31.2 Å². The maximum absolute atomic E-state index is 13.1. The van der Waals surface area contributed by atoms with E-state index in [0.29, 0.717) is 5.69 Å². The minimum atomic E-state index is -1.01. The Labute approximate surface area is 181 Å². The fourth-order valence-electron chi connectivity index (χ4n) is 4.07. The first-order chi connectivity index (χ1) is 14.4. The van der Waals surface area contributed by atoms with E-state index >= 15 is 0 Å². The van der Waals surface area contributed by atoms with Crippen LogP contribution in [0.25, 0.3) is 0 Å². The van der Waals surface area contributed by atoms with Crippen molar-refractivity contribution in [2.24, 2.45) is 0 Å². The third-order valence-electron chi connectivity index (χ3n) is 5.48. The Morgan fingerprint density at radius 3 is 2.16 bits per heavy atom. The number of hydrogen-bond donors (Lipinski definition) is 2. The van der Waals surface area contributed by atoms with Gasteiger partial charge in [-0.25, -0.2) is 0 Å². The lowest BCUT2D eigenvalue weighted by Crippen LogP contribution is -2.60. The second-order valence-electron chi connectivity index (χ2n) is 9.18. The van der Waals surface area contributed by atoms with Crippen LogP contribution in [0.2, 0.25) is 0 Å². The number of benzene rings is 1. The Morgan fingerprint density at radius 1 is 0.903 bits per heavy atom. The highest BCUT2D eigenvalue weighted by Gasteiger charge is 2.62. The molecule has 4 rings (SSSR count). The lowest BCUT2D eigenvalue weighted by atomic mass is 9.98. The Kier molecular flexibility index (Phi) is 5.60. The molecule has 6 atom stereocenters. The zero-order chi connectivity index (χ0) is 22.6. The van der Waals surface area contributed by atoms with Crippen LogP contribution in [-0.4, -0.2) is 60.1 Å². The summed E-state index contributed by atoms with van der Waals surface area (Å²) in [5.41, 5.74) is 1.74. The molecule has 9 nitrogen and oxygen atoms in total. The molecule has 0 unspecified atom stereocenters. The van der Waals surface area contributed by atoms with Crippen molar-refractivity contribution in [3.8, 4) is 0 Å². The highest BCUT2D eigenvalue weighted by Crippen LogP contribution is 2.44. The summed E-state index contributed by atoms with van der Waals surface area (Å²) in [6.07, 6.45) is -3.54. The number of fused-ring (bicyclic) bond motifs is 3. The average molecular weight is 434 g/mol. The monoisotopic (exact) mass is 434 g/mol. The molecule has 0 bridgehead atoms. The van der Waals surface area contributed by atoms with Crippen LogP contribution in [0.15, 0.2) is 24.3 Å². The van der Waals surface area contributed by atoms with Gasteiger partial charge in [0.15, 0.2) is 24.0 Å². The van der Waals surface area contributed by atoms with E-state index < -0.39 is 54.2 Å². The zero-order valence-electron chi connectivity index (χ0n) is 18.6. The molecule has 3 saturated heterocycles. The number of rotatable bonds is 4. The molecular formula is C22H30N2O7. The van der Waals surface area contributed by atoms with Crippen molar-refractivity contribution in [1.82, 2.24) is 5.32 Å². The molecule has 0 spiro atoms. The van der Waals surface area contributed by atoms with Crippen LogP contribution in [-0.2, 0) is 33.3 Å². The average Bonchev–Trinajstić information content (AvgIpc) is 3.16. The molecule has 31 heavy (non-hydrogen) atoms. The van der Waals surface area contributed by atoms with Gasteiger partial charge in [0.05, 0.1) is 0 Å². The standard InChI is InChI=1S/C22H30N2O7/c1-11-7-9-13(10-8-11)24-18(25)12(2)23-19(26)16-14-15(29-21(3,4)28-14)17-20(27-16)31-22(5,6)30-17/h7-10,12,14-17,20H,1-6H3,(H,23,26)(H,24,25)/t12-,14+,15+,16-,17-,20+/m1/s1. The molecule has 9 heteroatoms. The van der Waals surface area contributed by atoms with Gasteiger partial charge < -0.3 is 34.3 Å². The summed E-state index contributed by atoms with van der Waals surface area (Å²) in [6.45, 7) is 10.7. The lowest BCUT2D eigenvalue weighted by Gasteiger charge is -2.36. The maximum atomic E-state index is 13.1. The van der Waals surface area contributed by atoms with Crippen LogP contribution in [0.1, 0.15) is 40.2 Å². The lowest BCUT2D eigenvalue weighted by molar-refractivity contribution is -0.231. The Hall–Kier alpha value is -2.04. The third-order valence-corrected chi connectivity index (χ3v) is 5.48. The van der Waals surface area contributed by atoms with E-state index in [0.717, 1.165) is 5.56 Å². The second kappa shape index (κ2) is 7.83. The van der Waals surface area contributed by atoms with Crippen LogP contribution in [0.4, 0.5) is 5.69 Å². The van der Waals surface area contributed by atoms with Crippen LogP contribution >= 0.6 is 0 Å². The molecule has 0 saturated carbocycles. The molecule has 2 N–H and O–H groups in total. The number of aryl methyl sites for hydroxylation is 1. The van der Waals surface area contributed by atoms with Gasteiger partial charge in [-0.3, -0.25) is 9.59 Å². The van der Waals surface area contributed by atoms with Crippen LogP contribution in [0.5, 0.6) is 0 Å². The summed E-state index contributed by atoms with van der Waals surface area (Å²) >= 11 is 0. The molecule has 3 aliphatic rings. The van der Waals surface area contributed by atoms with Crippen molar-refractivity contribution < 1.29 is 33.3 Å². The molecular weight excluding hydrogens is 404 g/mol. The van der Waals surface area contributed by atoms with Gasteiger partial charge in [-0.15, -0.1) is 0 Å². The highest BCUT2D eigenvalue weighted by molar-refractivity contribution is 5.97. The number of ether oxygens (including phenoxy) is 5. The summed E-state index contributed by atoms with van der Waals surface area (Å²) in [6, 6.07) is 6.62. The van der Waals surface area contributed by atoms with Crippen molar-refractivity contribution >= 4 is 17.5 Å². The van der Waals surface area contributed by atoms with Gasteiger partial charge in [0, 0.05) is 5.69 Å². The van der Waals surface area contributed by atoms with E-state index in [-0.39, 0.29) is 5.91 Å². The molecule has 170 valence electrons. The van der Waals surface area contributed by atoms with E-state index in [4.69, 9.17) is 23.7 Å². The second-order valence-corrected chi connectivity index (χ2v) is 9.18. The topological polar surface area (TPSA) is 104 Å². The van der Waals surface area contributed by atoms with E-state index in [1.54, 1.807) is 34.6 Å². The fraction of sp³-hybridized carbons (Fsp3) is 0.636. The highest BCUT2D eigenvalue weighted by atomic mass is 16.9. The quantitative estimate of drug-likeness (QED) is 0.745. The summed E-state index contributed by atoms with van der Waals surface area (Å²) in [4.78, 5) is 25.6. The van der Waals surface area contributed by atoms with Crippen LogP contribution < -0.4 is 10.6 Å². The normalized spacial score (nSPS) is 33.8. The summed E-state index contributed by atoms with van der Waals surface area (Å²) < 4.78 is 29.7. The zero-order valence-corrected chi connectivity index (χ0v) is 18.6. The Bertz CT molecular complexity index is 854.